The van der Waals surface area contributed by atoms with Crippen molar-refractivity contribution >= 4 is 0 Å². The molecule has 1 nitrogen and oxygen atoms in total. The van der Waals surface area contributed by atoms with Crippen molar-refractivity contribution in [2.24, 2.45) is 0 Å². The van der Waals surface area contributed by atoms with Crippen LogP contribution in [0.1, 0.15) is 36.8 Å². The SMILES string of the molecule is Fc1ccc2c(c1)C1(CCCC1)CNCC2. The topological polar surface area (TPSA) is 12.0 Å². The number of fused-ring (bicyclic) bond motifs is 2. The predicted molar refractivity (Wildman–Crippen MR) is 63.1 cm³/mol. The van der Waals surface area contributed by atoms with E-state index in [1.54, 1.807) is 12.1 Å². The fourth-order valence-electron chi connectivity index (χ4n) is 3.40. The highest BCUT2D eigenvalue weighted by atomic mass is 19.1. The Kier molecular flexibility index (Phi) is 2.47. The van der Waals surface area contributed by atoms with Gasteiger partial charge in [-0.25, -0.2) is 4.39 Å². The Morgan fingerprint density at radius 3 is 2.81 bits per heavy atom. The van der Waals surface area contributed by atoms with Crippen LogP contribution in [0.4, 0.5) is 4.39 Å². The van der Waals surface area contributed by atoms with Gasteiger partial charge in [0.1, 0.15) is 5.82 Å². The molecule has 1 aromatic rings. The van der Waals surface area contributed by atoms with E-state index in [-0.39, 0.29) is 11.2 Å². The van der Waals surface area contributed by atoms with Crippen LogP contribution in [-0.4, -0.2) is 13.1 Å². The van der Waals surface area contributed by atoms with Crippen LogP contribution in [0.5, 0.6) is 0 Å². The Hall–Kier alpha value is -0.890. The smallest absolute Gasteiger partial charge is 0.123 e. The summed E-state index contributed by atoms with van der Waals surface area (Å²) in [6, 6.07) is 5.37. The molecule has 0 amide bonds. The lowest BCUT2D eigenvalue weighted by Gasteiger charge is -2.29. The summed E-state index contributed by atoms with van der Waals surface area (Å²) in [6.45, 7) is 2.06. The van der Waals surface area contributed by atoms with Gasteiger partial charge in [0.15, 0.2) is 0 Å². The van der Waals surface area contributed by atoms with Crippen molar-refractivity contribution in [2.75, 3.05) is 13.1 Å². The predicted octanol–water partition coefficient (Wildman–Crippen LogP) is 2.78. The Bertz CT molecular complexity index is 394. The number of halogens is 1. The Morgan fingerprint density at radius 2 is 2.00 bits per heavy atom. The second kappa shape index (κ2) is 3.85. The van der Waals surface area contributed by atoms with E-state index in [0.29, 0.717) is 0 Å². The molecule has 0 unspecified atom stereocenters. The molecule has 3 rings (SSSR count). The Morgan fingerprint density at radius 1 is 1.19 bits per heavy atom. The fraction of sp³-hybridized carbons (Fsp3) is 0.571. The lowest BCUT2D eigenvalue weighted by molar-refractivity contribution is 0.416. The molecule has 0 saturated heterocycles. The third-order valence-corrected chi connectivity index (χ3v) is 4.24. The van der Waals surface area contributed by atoms with Crippen molar-refractivity contribution in [1.29, 1.82) is 0 Å². The third kappa shape index (κ3) is 1.56. The van der Waals surface area contributed by atoms with Gasteiger partial charge in [-0.15, -0.1) is 0 Å². The van der Waals surface area contributed by atoms with Crippen LogP contribution < -0.4 is 5.32 Å². The second-order valence-corrected chi connectivity index (χ2v) is 5.22. The van der Waals surface area contributed by atoms with Gasteiger partial charge in [-0.2, -0.15) is 0 Å². The zero-order valence-corrected chi connectivity index (χ0v) is 9.56. The van der Waals surface area contributed by atoms with Gasteiger partial charge in [0.05, 0.1) is 0 Å². The van der Waals surface area contributed by atoms with Gasteiger partial charge < -0.3 is 5.32 Å². The van der Waals surface area contributed by atoms with Crippen LogP contribution in [0.3, 0.4) is 0 Å². The molecule has 2 heteroatoms. The minimum atomic E-state index is -0.0769. The molecule has 1 fully saturated rings. The first-order chi connectivity index (χ1) is 7.80. The molecular formula is C14H18FN. The monoisotopic (exact) mass is 219 g/mol. The van der Waals surface area contributed by atoms with Gasteiger partial charge in [-0.05, 0) is 49.1 Å². The van der Waals surface area contributed by atoms with Crippen LogP contribution in [0.15, 0.2) is 18.2 Å². The largest absolute Gasteiger partial charge is 0.316 e. The number of rotatable bonds is 0. The summed E-state index contributed by atoms with van der Waals surface area (Å²) in [5.74, 6) is -0.0769. The van der Waals surface area contributed by atoms with Crippen LogP contribution in [0, 0.1) is 5.82 Å². The van der Waals surface area contributed by atoms with E-state index >= 15 is 0 Å². The zero-order valence-electron chi connectivity index (χ0n) is 9.56. The molecule has 0 aromatic heterocycles. The summed E-state index contributed by atoms with van der Waals surface area (Å²) in [5, 5.41) is 3.52. The van der Waals surface area contributed by atoms with Crippen LogP contribution >= 0.6 is 0 Å². The normalized spacial score (nSPS) is 23.1. The minimum absolute atomic E-state index is 0.0769. The van der Waals surface area contributed by atoms with Gasteiger partial charge in [-0.1, -0.05) is 18.9 Å². The molecule has 0 atom stereocenters. The van der Waals surface area contributed by atoms with Crippen molar-refractivity contribution in [3.05, 3.63) is 35.1 Å². The van der Waals surface area contributed by atoms with Crippen LogP contribution in [0.2, 0.25) is 0 Å². The lowest BCUT2D eigenvalue weighted by atomic mass is 9.77. The molecule has 1 aliphatic carbocycles. The van der Waals surface area contributed by atoms with Gasteiger partial charge in [0, 0.05) is 12.0 Å². The van der Waals surface area contributed by atoms with E-state index in [1.807, 2.05) is 6.07 Å². The summed E-state index contributed by atoms with van der Waals surface area (Å²) in [4.78, 5) is 0. The molecule has 1 spiro atoms. The average molecular weight is 219 g/mol. The van der Waals surface area contributed by atoms with Crippen molar-refractivity contribution < 1.29 is 4.39 Å². The number of hydrogen-bond acceptors (Lipinski definition) is 1. The van der Waals surface area contributed by atoms with Crippen molar-refractivity contribution in [1.82, 2.24) is 5.32 Å². The molecule has 1 aliphatic heterocycles. The van der Waals surface area contributed by atoms with Crippen molar-refractivity contribution in [3.63, 3.8) is 0 Å². The van der Waals surface area contributed by atoms with E-state index in [9.17, 15) is 4.39 Å². The van der Waals surface area contributed by atoms with Crippen LogP contribution in [0.25, 0.3) is 0 Å². The quantitative estimate of drug-likeness (QED) is 0.707. The Labute approximate surface area is 96.1 Å². The average Bonchev–Trinajstić information content (AvgIpc) is 2.68. The van der Waals surface area contributed by atoms with Gasteiger partial charge in [0.2, 0.25) is 0 Å². The molecule has 1 N–H and O–H groups in total. The van der Waals surface area contributed by atoms with E-state index in [1.165, 1.54) is 36.8 Å². The first-order valence-corrected chi connectivity index (χ1v) is 6.30. The molecule has 2 aliphatic rings. The third-order valence-electron chi connectivity index (χ3n) is 4.24. The van der Waals surface area contributed by atoms with Crippen molar-refractivity contribution in [2.45, 2.75) is 37.5 Å². The lowest BCUT2D eigenvalue weighted by Crippen LogP contribution is -2.34. The van der Waals surface area contributed by atoms with Gasteiger partial charge >= 0.3 is 0 Å². The molecule has 0 bridgehead atoms. The van der Waals surface area contributed by atoms with E-state index in [2.05, 4.69) is 5.32 Å². The Balaban J connectivity index is 2.11. The zero-order chi connectivity index (χ0) is 11.0. The number of hydrogen-bond donors (Lipinski definition) is 1. The molecule has 86 valence electrons. The highest BCUT2D eigenvalue weighted by molar-refractivity contribution is 5.37. The number of benzene rings is 1. The van der Waals surface area contributed by atoms with Gasteiger partial charge in [-0.3, -0.25) is 0 Å². The summed E-state index contributed by atoms with van der Waals surface area (Å²) in [5.41, 5.74) is 2.87. The highest BCUT2D eigenvalue weighted by Gasteiger charge is 2.38. The summed E-state index contributed by atoms with van der Waals surface area (Å²) in [6.07, 6.45) is 6.06. The molecular weight excluding hydrogens is 201 g/mol. The summed E-state index contributed by atoms with van der Waals surface area (Å²) >= 11 is 0. The highest BCUT2D eigenvalue weighted by Crippen LogP contribution is 2.43. The summed E-state index contributed by atoms with van der Waals surface area (Å²) < 4.78 is 13.4. The summed E-state index contributed by atoms with van der Waals surface area (Å²) in [7, 11) is 0. The second-order valence-electron chi connectivity index (χ2n) is 5.22. The standard InChI is InChI=1S/C14H18FN/c15-12-4-3-11-5-8-16-10-14(13(11)9-12)6-1-2-7-14/h3-4,9,16H,1-2,5-8,10H2. The number of nitrogens with one attached hydrogen (secondary N) is 1. The van der Waals surface area contributed by atoms with E-state index < -0.39 is 0 Å². The van der Waals surface area contributed by atoms with Crippen molar-refractivity contribution in [3.8, 4) is 0 Å². The molecule has 1 saturated carbocycles. The first kappa shape index (κ1) is 10.3. The fourth-order valence-corrected chi connectivity index (χ4v) is 3.40. The minimum Gasteiger partial charge on any atom is -0.316 e. The van der Waals surface area contributed by atoms with E-state index in [0.717, 1.165) is 19.5 Å². The molecule has 16 heavy (non-hydrogen) atoms. The molecule has 0 radical (unpaired) electrons. The first-order valence-electron chi connectivity index (χ1n) is 6.30. The maximum Gasteiger partial charge on any atom is 0.123 e. The molecule has 1 aromatic carbocycles. The maximum absolute atomic E-state index is 13.4. The van der Waals surface area contributed by atoms with E-state index in [4.69, 9.17) is 0 Å². The van der Waals surface area contributed by atoms with Gasteiger partial charge in [0.25, 0.3) is 0 Å². The van der Waals surface area contributed by atoms with Crippen LogP contribution in [-0.2, 0) is 11.8 Å². The maximum atomic E-state index is 13.4. The molecule has 1 heterocycles.